The minimum Gasteiger partial charge on any atom is -0.380 e. The van der Waals surface area contributed by atoms with Crippen molar-refractivity contribution in [2.45, 2.75) is 25.2 Å². The molecule has 0 aliphatic heterocycles. The molecule has 0 N–H and O–H groups in total. The maximum absolute atomic E-state index is 12.4. The minimum absolute atomic E-state index is 0.0984. The highest BCUT2D eigenvalue weighted by Crippen LogP contribution is 2.09. The number of hydrogen-bond donors (Lipinski definition) is 1. The Morgan fingerprint density at radius 1 is 1.05 bits per heavy atom. The molecule has 0 spiro atoms. The Morgan fingerprint density at radius 2 is 1.57 bits per heavy atom. The summed E-state index contributed by atoms with van der Waals surface area (Å²) in [6.45, 7) is 7.55. The van der Waals surface area contributed by atoms with Crippen molar-refractivity contribution in [2.24, 2.45) is 0 Å². The number of rotatable bonds is 10. The molecule has 1 aromatic rings. The van der Waals surface area contributed by atoms with E-state index in [0.29, 0.717) is 45.9 Å². The number of ether oxygens (including phenoxy) is 2. The zero-order valence-corrected chi connectivity index (χ0v) is 13.8. The van der Waals surface area contributed by atoms with Crippen LogP contribution in [0.3, 0.4) is 0 Å². The molecule has 0 saturated carbocycles. The fraction of sp³-hybridized carbons (Fsp3) is 0.562. The fourth-order valence-corrected chi connectivity index (χ4v) is 2.05. The van der Waals surface area contributed by atoms with Crippen LogP contribution in [0.15, 0.2) is 29.2 Å². The second-order valence-electron chi connectivity index (χ2n) is 4.62. The van der Waals surface area contributed by atoms with E-state index in [-0.39, 0.29) is 5.91 Å². The molecule has 5 heteroatoms. The Kier molecular flexibility index (Phi) is 9.14. The van der Waals surface area contributed by atoms with E-state index >= 15 is 0 Å². The lowest BCUT2D eigenvalue weighted by Gasteiger charge is -2.22. The molecule has 0 unspecified atom stereocenters. The molecule has 1 amide bonds. The number of amides is 1. The van der Waals surface area contributed by atoms with Crippen LogP contribution >= 0.6 is 12.6 Å². The first-order chi connectivity index (χ1) is 10.2. The number of hydrogen-bond acceptors (Lipinski definition) is 4. The van der Waals surface area contributed by atoms with Gasteiger partial charge in [0.15, 0.2) is 0 Å². The van der Waals surface area contributed by atoms with Gasteiger partial charge in [-0.3, -0.25) is 4.79 Å². The third kappa shape index (κ3) is 7.50. The zero-order valence-electron chi connectivity index (χ0n) is 12.9. The van der Waals surface area contributed by atoms with Crippen LogP contribution in [0.4, 0.5) is 0 Å². The summed E-state index contributed by atoms with van der Waals surface area (Å²) in [7, 11) is 0. The SMILES string of the molecule is CCOCCN(CCOCC)C(=O)Cc1ccc(S)cc1. The molecule has 0 saturated heterocycles. The quantitative estimate of drug-likeness (QED) is 0.533. The van der Waals surface area contributed by atoms with E-state index in [4.69, 9.17) is 9.47 Å². The second kappa shape index (κ2) is 10.7. The maximum Gasteiger partial charge on any atom is 0.227 e. The van der Waals surface area contributed by atoms with E-state index in [1.54, 1.807) is 4.90 Å². The van der Waals surface area contributed by atoms with E-state index < -0.39 is 0 Å². The standard InChI is InChI=1S/C16H25NO3S/c1-3-19-11-9-17(10-12-20-4-2)16(18)13-14-5-7-15(21)8-6-14/h5-8,21H,3-4,9-13H2,1-2H3. The van der Waals surface area contributed by atoms with Gasteiger partial charge < -0.3 is 14.4 Å². The molecule has 118 valence electrons. The molecule has 0 bridgehead atoms. The summed E-state index contributed by atoms with van der Waals surface area (Å²) < 4.78 is 10.7. The van der Waals surface area contributed by atoms with E-state index in [1.165, 1.54) is 0 Å². The molecule has 4 nitrogen and oxygen atoms in total. The van der Waals surface area contributed by atoms with Crippen molar-refractivity contribution in [2.75, 3.05) is 39.5 Å². The van der Waals surface area contributed by atoms with Crippen LogP contribution in [0, 0.1) is 0 Å². The molecule has 0 atom stereocenters. The number of thiol groups is 1. The van der Waals surface area contributed by atoms with Gasteiger partial charge in [0.2, 0.25) is 5.91 Å². The van der Waals surface area contributed by atoms with Crippen molar-refractivity contribution in [1.29, 1.82) is 0 Å². The maximum atomic E-state index is 12.4. The Labute approximate surface area is 132 Å². The zero-order chi connectivity index (χ0) is 15.5. The molecule has 1 rings (SSSR count). The van der Waals surface area contributed by atoms with Gasteiger partial charge in [-0.25, -0.2) is 0 Å². The molecular formula is C16H25NO3S. The van der Waals surface area contributed by atoms with Crippen molar-refractivity contribution < 1.29 is 14.3 Å². The van der Waals surface area contributed by atoms with Crippen LogP contribution < -0.4 is 0 Å². The van der Waals surface area contributed by atoms with Gasteiger partial charge in [-0.1, -0.05) is 12.1 Å². The second-order valence-corrected chi connectivity index (χ2v) is 5.13. The molecule has 21 heavy (non-hydrogen) atoms. The number of carbonyl (C=O) groups excluding carboxylic acids is 1. The lowest BCUT2D eigenvalue weighted by molar-refractivity contribution is -0.132. The molecule has 0 aromatic heterocycles. The fourth-order valence-electron chi connectivity index (χ4n) is 1.90. The van der Waals surface area contributed by atoms with Gasteiger partial charge in [0.05, 0.1) is 19.6 Å². The third-order valence-electron chi connectivity index (χ3n) is 3.06. The first-order valence-electron chi connectivity index (χ1n) is 7.38. The van der Waals surface area contributed by atoms with E-state index in [9.17, 15) is 4.79 Å². The van der Waals surface area contributed by atoms with Gasteiger partial charge >= 0.3 is 0 Å². The Morgan fingerprint density at radius 3 is 2.05 bits per heavy atom. The van der Waals surface area contributed by atoms with Crippen molar-refractivity contribution in [3.63, 3.8) is 0 Å². The average Bonchev–Trinajstić information content (AvgIpc) is 2.48. The van der Waals surface area contributed by atoms with Crippen molar-refractivity contribution in [3.05, 3.63) is 29.8 Å². The normalized spacial score (nSPS) is 10.6. The Balaban J connectivity index is 2.53. The largest absolute Gasteiger partial charge is 0.380 e. The molecule has 1 aromatic carbocycles. The number of nitrogens with zero attached hydrogens (tertiary/aromatic N) is 1. The van der Waals surface area contributed by atoms with Crippen LogP contribution in [-0.4, -0.2) is 50.3 Å². The van der Waals surface area contributed by atoms with E-state index in [0.717, 1.165) is 10.5 Å². The Bertz CT molecular complexity index is 398. The lowest BCUT2D eigenvalue weighted by Crippen LogP contribution is -2.37. The molecule has 0 radical (unpaired) electrons. The summed E-state index contributed by atoms with van der Waals surface area (Å²) in [5, 5.41) is 0. The van der Waals surface area contributed by atoms with E-state index in [2.05, 4.69) is 12.6 Å². The minimum atomic E-state index is 0.0984. The predicted molar refractivity (Wildman–Crippen MR) is 87.0 cm³/mol. The highest BCUT2D eigenvalue weighted by Gasteiger charge is 2.13. The Hall–Kier alpha value is -1.04. The average molecular weight is 311 g/mol. The van der Waals surface area contributed by atoms with Gasteiger partial charge in [0, 0.05) is 31.2 Å². The van der Waals surface area contributed by atoms with Crippen molar-refractivity contribution in [3.8, 4) is 0 Å². The van der Waals surface area contributed by atoms with Crippen LogP contribution in [0.25, 0.3) is 0 Å². The molecular weight excluding hydrogens is 286 g/mol. The summed E-state index contributed by atoms with van der Waals surface area (Å²) >= 11 is 4.25. The van der Waals surface area contributed by atoms with Crippen LogP contribution in [-0.2, 0) is 20.7 Å². The van der Waals surface area contributed by atoms with Crippen LogP contribution in [0.1, 0.15) is 19.4 Å². The molecule has 0 fully saturated rings. The first kappa shape index (κ1) is 18.0. The lowest BCUT2D eigenvalue weighted by atomic mass is 10.1. The highest BCUT2D eigenvalue weighted by atomic mass is 32.1. The van der Waals surface area contributed by atoms with Crippen molar-refractivity contribution in [1.82, 2.24) is 4.90 Å². The van der Waals surface area contributed by atoms with Gasteiger partial charge in [-0.05, 0) is 31.5 Å². The third-order valence-corrected chi connectivity index (χ3v) is 3.36. The summed E-state index contributed by atoms with van der Waals surface area (Å²) in [4.78, 5) is 15.1. The highest BCUT2D eigenvalue weighted by molar-refractivity contribution is 7.80. The first-order valence-corrected chi connectivity index (χ1v) is 7.83. The van der Waals surface area contributed by atoms with E-state index in [1.807, 2.05) is 38.1 Å². The predicted octanol–water partition coefficient (Wildman–Crippen LogP) is 2.42. The summed E-state index contributed by atoms with van der Waals surface area (Å²) in [5.74, 6) is 0.0984. The summed E-state index contributed by atoms with van der Waals surface area (Å²) in [6, 6.07) is 7.67. The number of carbonyl (C=O) groups is 1. The van der Waals surface area contributed by atoms with Crippen molar-refractivity contribution >= 4 is 18.5 Å². The van der Waals surface area contributed by atoms with Gasteiger partial charge in [0.25, 0.3) is 0 Å². The van der Waals surface area contributed by atoms with Crippen LogP contribution in [0.2, 0.25) is 0 Å². The van der Waals surface area contributed by atoms with Gasteiger partial charge in [-0.2, -0.15) is 0 Å². The van der Waals surface area contributed by atoms with Crippen LogP contribution in [0.5, 0.6) is 0 Å². The molecule has 0 heterocycles. The summed E-state index contributed by atoms with van der Waals surface area (Å²) in [5.41, 5.74) is 0.996. The summed E-state index contributed by atoms with van der Waals surface area (Å²) in [6.07, 6.45) is 0.395. The topological polar surface area (TPSA) is 38.8 Å². The monoisotopic (exact) mass is 311 g/mol. The molecule has 0 aliphatic carbocycles. The molecule has 0 aliphatic rings. The van der Waals surface area contributed by atoms with Gasteiger partial charge in [-0.15, -0.1) is 12.6 Å². The van der Waals surface area contributed by atoms with Gasteiger partial charge in [0.1, 0.15) is 0 Å². The smallest absolute Gasteiger partial charge is 0.227 e. The number of benzene rings is 1.